The van der Waals surface area contributed by atoms with Crippen molar-refractivity contribution < 1.29 is 0 Å². The molecular formula is C9H13N. The standard InChI is InChI=1S/C9H13N/c1-4-5-8(2)6-7-9(3)10/h4-7,10H,2H2,1,3H3/b5-4-,7-6-,10-9?. The summed E-state index contributed by atoms with van der Waals surface area (Å²) in [6, 6.07) is 0. The van der Waals surface area contributed by atoms with Gasteiger partial charge in [0.15, 0.2) is 0 Å². The lowest BCUT2D eigenvalue weighted by atomic mass is 10.2. The van der Waals surface area contributed by atoms with Crippen LogP contribution >= 0.6 is 0 Å². The van der Waals surface area contributed by atoms with Crippen molar-refractivity contribution in [2.75, 3.05) is 0 Å². The Morgan fingerprint density at radius 1 is 1.30 bits per heavy atom. The fourth-order valence-electron chi connectivity index (χ4n) is 0.502. The minimum atomic E-state index is 0.547. The Hall–Kier alpha value is -1.11. The molecule has 0 aromatic carbocycles. The van der Waals surface area contributed by atoms with Crippen LogP contribution in [0.4, 0.5) is 0 Å². The van der Waals surface area contributed by atoms with Gasteiger partial charge in [-0.1, -0.05) is 24.8 Å². The first-order valence-electron chi connectivity index (χ1n) is 3.21. The molecule has 0 aromatic heterocycles. The van der Waals surface area contributed by atoms with Crippen LogP contribution in [0.2, 0.25) is 0 Å². The van der Waals surface area contributed by atoms with E-state index in [1.807, 2.05) is 25.2 Å². The third-order valence-corrected chi connectivity index (χ3v) is 0.928. The highest BCUT2D eigenvalue weighted by Gasteiger charge is 1.78. The SMILES string of the molecule is C=C(/C=C\C)/C=C\C(C)=N. The van der Waals surface area contributed by atoms with Crippen molar-refractivity contribution in [3.63, 3.8) is 0 Å². The molecule has 10 heavy (non-hydrogen) atoms. The lowest BCUT2D eigenvalue weighted by Crippen LogP contribution is -1.77. The van der Waals surface area contributed by atoms with Crippen LogP contribution in [-0.2, 0) is 0 Å². The molecule has 0 aliphatic heterocycles. The fraction of sp³-hybridized carbons (Fsp3) is 0.222. The molecule has 54 valence electrons. The lowest BCUT2D eigenvalue weighted by Gasteiger charge is -1.86. The zero-order valence-electron chi connectivity index (χ0n) is 6.52. The average molecular weight is 135 g/mol. The lowest BCUT2D eigenvalue weighted by molar-refractivity contribution is 1.49. The summed E-state index contributed by atoms with van der Waals surface area (Å²) in [7, 11) is 0. The van der Waals surface area contributed by atoms with E-state index in [4.69, 9.17) is 5.41 Å². The van der Waals surface area contributed by atoms with Crippen LogP contribution in [0.1, 0.15) is 13.8 Å². The van der Waals surface area contributed by atoms with Gasteiger partial charge in [0.05, 0.1) is 0 Å². The summed E-state index contributed by atoms with van der Waals surface area (Å²) in [6.45, 7) is 7.42. The Labute approximate surface area is 62.3 Å². The van der Waals surface area contributed by atoms with Crippen molar-refractivity contribution in [1.29, 1.82) is 5.41 Å². The van der Waals surface area contributed by atoms with E-state index in [1.165, 1.54) is 0 Å². The molecule has 1 heteroatoms. The predicted molar refractivity (Wildman–Crippen MR) is 46.5 cm³/mol. The quantitative estimate of drug-likeness (QED) is 0.454. The zero-order chi connectivity index (χ0) is 7.98. The van der Waals surface area contributed by atoms with Crippen molar-refractivity contribution >= 4 is 5.71 Å². The molecular weight excluding hydrogens is 122 g/mol. The minimum Gasteiger partial charge on any atom is -0.306 e. The molecule has 0 rings (SSSR count). The number of rotatable bonds is 3. The van der Waals surface area contributed by atoms with Crippen molar-refractivity contribution in [3.8, 4) is 0 Å². The second-order valence-electron chi connectivity index (χ2n) is 2.09. The Morgan fingerprint density at radius 2 is 1.90 bits per heavy atom. The molecule has 0 bridgehead atoms. The van der Waals surface area contributed by atoms with E-state index in [9.17, 15) is 0 Å². The number of hydrogen-bond donors (Lipinski definition) is 1. The van der Waals surface area contributed by atoms with Crippen molar-refractivity contribution in [1.82, 2.24) is 0 Å². The summed E-state index contributed by atoms with van der Waals surface area (Å²) in [5.74, 6) is 0. The molecule has 0 saturated heterocycles. The molecule has 0 fully saturated rings. The van der Waals surface area contributed by atoms with Gasteiger partial charge in [-0.3, -0.25) is 0 Å². The summed E-state index contributed by atoms with van der Waals surface area (Å²) >= 11 is 0. The maximum Gasteiger partial charge on any atom is 0.0283 e. The van der Waals surface area contributed by atoms with Crippen LogP contribution in [0.5, 0.6) is 0 Å². The van der Waals surface area contributed by atoms with Gasteiger partial charge in [0.2, 0.25) is 0 Å². The summed E-state index contributed by atoms with van der Waals surface area (Å²) in [4.78, 5) is 0. The predicted octanol–water partition coefficient (Wildman–Crippen LogP) is 2.71. The summed E-state index contributed by atoms with van der Waals surface area (Å²) in [5.41, 5.74) is 1.47. The van der Waals surface area contributed by atoms with Crippen LogP contribution in [-0.4, -0.2) is 5.71 Å². The van der Waals surface area contributed by atoms with E-state index in [0.29, 0.717) is 5.71 Å². The van der Waals surface area contributed by atoms with E-state index in [1.54, 1.807) is 13.0 Å². The molecule has 1 N–H and O–H groups in total. The Bertz CT molecular complexity index is 185. The normalized spacial score (nSPS) is 11.0. The summed E-state index contributed by atoms with van der Waals surface area (Å²) in [5, 5.41) is 7.07. The van der Waals surface area contributed by atoms with E-state index < -0.39 is 0 Å². The van der Waals surface area contributed by atoms with Gasteiger partial charge in [-0.25, -0.2) is 0 Å². The van der Waals surface area contributed by atoms with Crippen LogP contribution < -0.4 is 0 Å². The highest BCUT2D eigenvalue weighted by Crippen LogP contribution is 1.94. The highest BCUT2D eigenvalue weighted by molar-refractivity contribution is 5.90. The Morgan fingerprint density at radius 3 is 2.30 bits per heavy atom. The molecule has 0 aromatic rings. The van der Waals surface area contributed by atoms with Gasteiger partial charge in [0, 0.05) is 5.71 Å². The first-order valence-corrected chi connectivity index (χ1v) is 3.21. The molecule has 0 aliphatic rings. The molecule has 0 heterocycles. The van der Waals surface area contributed by atoms with Gasteiger partial charge in [-0.15, -0.1) is 0 Å². The molecule has 0 spiro atoms. The molecule has 0 amide bonds. The van der Waals surface area contributed by atoms with E-state index in [2.05, 4.69) is 6.58 Å². The van der Waals surface area contributed by atoms with Crippen molar-refractivity contribution in [2.45, 2.75) is 13.8 Å². The molecule has 0 radical (unpaired) electrons. The first kappa shape index (κ1) is 8.89. The molecule has 0 saturated carbocycles. The molecule has 0 unspecified atom stereocenters. The first-order chi connectivity index (χ1) is 4.66. The van der Waals surface area contributed by atoms with Gasteiger partial charge in [0.25, 0.3) is 0 Å². The van der Waals surface area contributed by atoms with Crippen molar-refractivity contribution in [3.05, 3.63) is 36.5 Å². The topological polar surface area (TPSA) is 23.9 Å². The Balaban J connectivity index is 3.90. The second kappa shape index (κ2) is 4.74. The van der Waals surface area contributed by atoms with E-state index in [0.717, 1.165) is 5.57 Å². The smallest absolute Gasteiger partial charge is 0.0283 e. The van der Waals surface area contributed by atoms with Gasteiger partial charge in [0.1, 0.15) is 0 Å². The molecule has 0 atom stereocenters. The van der Waals surface area contributed by atoms with Crippen LogP contribution in [0.15, 0.2) is 36.5 Å². The fourth-order valence-corrected chi connectivity index (χ4v) is 0.502. The van der Waals surface area contributed by atoms with Gasteiger partial charge < -0.3 is 5.41 Å². The molecule has 1 nitrogen and oxygen atoms in total. The average Bonchev–Trinajstić information content (AvgIpc) is 1.85. The van der Waals surface area contributed by atoms with Crippen molar-refractivity contribution in [2.24, 2.45) is 0 Å². The Kier molecular flexibility index (Phi) is 4.21. The minimum absolute atomic E-state index is 0.547. The third kappa shape index (κ3) is 5.04. The van der Waals surface area contributed by atoms with Gasteiger partial charge >= 0.3 is 0 Å². The maximum atomic E-state index is 7.07. The van der Waals surface area contributed by atoms with Crippen LogP contribution in [0.3, 0.4) is 0 Å². The highest BCUT2D eigenvalue weighted by atomic mass is 14.4. The molecule has 0 aliphatic carbocycles. The number of hydrogen-bond acceptors (Lipinski definition) is 1. The van der Waals surface area contributed by atoms with Crippen LogP contribution in [0.25, 0.3) is 0 Å². The maximum absolute atomic E-state index is 7.07. The number of allylic oxidation sites excluding steroid dienone is 5. The second-order valence-corrected chi connectivity index (χ2v) is 2.09. The number of nitrogens with one attached hydrogen (secondary N) is 1. The van der Waals surface area contributed by atoms with E-state index in [-0.39, 0.29) is 0 Å². The van der Waals surface area contributed by atoms with E-state index >= 15 is 0 Å². The van der Waals surface area contributed by atoms with Crippen LogP contribution in [0, 0.1) is 5.41 Å². The van der Waals surface area contributed by atoms with Gasteiger partial charge in [-0.05, 0) is 25.5 Å². The third-order valence-electron chi connectivity index (χ3n) is 0.928. The largest absolute Gasteiger partial charge is 0.306 e. The van der Waals surface area contributed by atoms with Gasteiger partial charge in [-0.2, -0.15) is 0 Å². The monoisotopic (exact) mass is 135 g/mol. The summed E-state index contributed by atoms with van der Waals surface area (Å²) < 4.78 is 0. The zero-order valence-corrected chi connectivity index (χ0v) is 6.52. The summed E-state index contributed by atoms with van der Waals surface area (Å²) in [6.07, 6.45) is 7.37.